The van der Waals surface area contributed by atoms with Crippen molar-refractivity contribution in [1.82, 2.24) is 10.4 Å². The molecular formula is C29H27Cl2N3O5S2. The molecule has 2 N–H and O–H groups in total. The Hall–Kier alpha value is -2.79. The number of amides is 3. The van der Waals surface area contributed by atoms with Crippen LogP contribution in [0.4, 0.5) is 10.5 Å². The van der Waals surface area contributed by atoms with Gasteiger partial charge in [0.15, 0.2) is 15.8 Å². The van der Waals surface area contributed by atoms with E-state index in [4.69, 9.17) is 44.9 Å². The van der Waals surface area contributed by atoms with Gasteiger partial charge in [0.2, 0.25) is 0 Å². The fourth-order valence-electron chi connectivity index (χ4n) is 6.98. The third-order valence-corrected chi connectivity index (χ3v) is 10.4. The van der Waals surface area contributed by atoms with E-state index in [1.54, 1.807) is 36.4 Å². The fraction of sp³-hybridized carbons (Fsp3) is 0.379. The van der Waals surface area contributed by atoms with Gasteiger partial charge in [0, 0.05) is 5.69 Å². The Morgan fingerprint density at radius 1 is 1.02 bits per heavy atom. The average molecular weight is 633 g/mol. The van der Waals surface area contributed by atoms with Crippen molar-refractivity contribution in [2.24, 2.45) is 23.2 Å². The third kappa shape index (κ3) is 5.67. The Balaban J connectivity index is 1.12. The Morgan fingerprint density at radius 3 is 2.34 bits per heavy atom. The second kappa shape index (κ2) is 11.1. The number of nitrogens with one attached hydrogen (secondary N) is 2. The first-order valence-electron chi connectivity index (χ1n) is 13.3. The van der Waals surface area contributed by atoms with Gasteiger partial charge in [-0.25, -0.2) is 10.2 Å². The lowest BCUT2D eigenvalue weighted by atomic mass is 9.49. The van der Waals surface area contributed by atoms with E-state index in [1.807, 2.05) is 0 Å². The highest BCUT2D eigenvalue weighted by Gasteiger charge is 2.55. The molecule has 4 saturated carbocycles. The smallest absolute Gasteiger partial charge is 0.338 e. The van der Waals surface area contributed by atoms with Crippen LogP contribution in [0.2, 0.25) is 10.0 Å². The molecule has 1 saturated heterocycles. The van der Waals surface area contributed by atoms with Crippen molar-refractivity contribution in [2.75, 3.05) is 12.4 Å². The summed E-state index contributed by atoms with van der Waals surface area (Å²) in [6.07, 6.45) is 8.13. The summed E-state index contributed by atoms with van der Waals surface area (Å²) in [5.74, 6) is 2.01. The maximum Gasteiger partial charge on any atom is 0.338 e. The first kappa shape index (κ1) is 28.3. The van der Waals surface area contributed by atoms with Crippen LogP contribution in [0.1, 0.15) is 44.1 Å². The maximum atomic E-state index is 13.4. The van der Waals surface area contributed by atoms with E-state index < -0.39 is 11.9 Å². The molecule has 0 atom stereocenters. The predicted octanol–water partition coefficient (Wildman–Crippen LogP) is 7.06. The minimum Gasteiger partial charge on any atom is -0.493 e. The summed E-state index contributed by atoms with van der Waals surface area (Å²) in [5.41, 5.74) is 3.12. The summed E-state index contributed by atoms with van der Waals surface area (Å²) in [4.78, 5) is 39.3. The summed E-state index contributed by atoms with van der Waals surface area (Å²) in [6.45, 7) is 0. The molecule has 1 heterocycles. The second-order valence-corrected chi connectivity index (χ2v) is 13.7. The number of carbonyl (C=O) groups excluding carboxylic acids is 3. The van der Waals surface area contributed by atoms with Gasteiger partial charge in [-0.15, -0.1) is 0 Å². The number of hydrogen-bond acceptors (Lipinski definition) is 7. The number of rotatable bonds is 6. The molecule has 4 bridgehead atoms. The van der Waals surface area contributed by atoms with Gasteiger partial charge >= 0.3 is 12.0 Å². The number of methoxy groups -OCH3 is 1. The molecular weight excluding hydrogens is 605 g/mol. The summed E-state index contributed by atoms with van der Waals surface area (Å²) in [6, 6.07) is 9.09. The molecule has 2 aromatic carbocycles. The van der Waals surface area contributed by atoms with Crippen molar-refractivity contribution in [3.05, 3.63) is 56.9 Å². The molecule has 4 aliphatic carbocycles. The van der Waals surface area contributed by atoms with Crippen LogP contribution < -0.4 is 20.2 Å². The zero-order chi connectivity index (χ0) is 28.9. The summed E-state index contributed by atoms with van der Waals surface area (Å²) in [5, 5.41) is 4.22. The van der Waals surface area contributed by atoms with Gasteiger partial charge in [-0.05, 0) is 110 Å². The Bertz CT molecular complexity index is 1460. The predicted molar refractivity (Wildman–Crippen MR) is 163 cm³/mol. The summed E-state index contributed by atoms with van der Waals surface area (Å²) >= 11 is 18.3. The molecule has 8 nitrogen and oxygen atoms in total. The van der Waals surface area contributed by atoms with Gasteiger partial charge < -0.3 is 14.8 Å². The number of ether oxygens (including phenoxy) is 2. The van der Waals surface area contributed by atoms with Crippen LogP contribution in [0.3, 0.4) is 0 Å². The number of esters is 1. The lowest BCUT2D eigenvalue weighted by Gasteiger charge is -2.55. The van der Waals surface area contributed by atoms with E-state index in [0.717, 1.165) is 36.0 Å². The lowest BCUT2D eigenvalue weighted by molar-refractivity contribution is -0.161. The lowest BCUT2D eigenvalue weighted by Crippen LogP contribution is -2.51. The number of urea groups is 1. The van der Waals surface area contributed by atoms with Crippen molar-refractivity contribution >= 4 is 81.2 Å². The molecule has 0 spiro atoms. The van der Waals surface area contributed by atoms with Crippen LogP contribution in [0.15, 0.2) is 41.3 Å². The molecule has 0 unspecified atom stereocenters. The number of thiocarbonyl (C=S) groups is 1. The van der Waals surface area contributed by atoms with Crippen LogP contribution in [-0.4, -0.2) is 34.3 Å². The van der Waals surface area contributed by atoms with Crippen molar-refractivity contribution in [3.8, 4) is 11.5 Å². The van der Waals surface area contributed by atoms with Crippen LogP contribution in [0.5, 0.6) is 11.5 Å². The molecule has 41 heavy (non-hydrogen) atoms. The van der Waals surface area contributed by atoms with E-state index in [1.165, 1.54) is 32.4 Å². The first-order valence-corrected chi connectivity index (χ1v) is 15.3. The van der Waals surface area contributed by atoms with E-state index in [9.17, 15) is 14.4 Å². The minimum absolute atomic E-state index is 0.159. The highest BCUT2D eigenvalue weighted by atomic mass is 35.5. The Labute approximate surface area is 257 Å². The standard InChI is InChI=1S/C29H27Cl2N3O5S2/c1-38-23-9-15(2-5-22(23)39-26(36)29-12-16-6-17(13-29)8-18(7-16)14-29)10-24-25(35)34(28(40)41-24)33-27(37)32-19-3-4-20(30)21(31)11-19/h2-5,9-11,16-18H,6-8,12-14H2,1H3,(H2,32,33,37)/b24-10-. The van der Waals surface area contributed by atoms with Gasteiger partial charge in [-0.3, -0.25) is 9.59 Å². The second-order valence-electron chi connectivity index (χ2n) is 11.2. The zero-order valence-electron chi connectivity index (χ0n) is 22.1. The van der Waals surface area contributed by atoms with Gasteiger partial charge in [-0.2, -0.15) is 5.01 Å². The van der Waals surface area contributed by atoms with Crippen molar-refractivity contribution in [2.45, 2.75) is 38.5 Å². The number of halogens is 2. The fourth-order valence-corrected chi connectivity index (χ4v) is 8.45. The van der Waals surface area contributed by atoms with Gasteiger partial charge in [0.25, 0.3) is 5.91 Å². The number of hydrogen-bond donors (Lipinski definition) is 2. The minimum atomic E-state index is -0.673. The SMILES string of the molecule is COc1cc(/C=C2\SC(=S)N(NC(=O)Nc3ccc(Cl)c(Cl)c3)C2=O)ccc1OC(=O)C12CC3CC(CC(C3)C1)C2. The van der Waals surface area contributed by atoms with Crippen LogP contribution >= 0.6 is 47.2 Å². The maximum absolute atomic E-state index is 13.4. The Kier molecular flexibility index (Phi) is 7.69. The monoisotopic (exact) mass is 631 g/mol. The molecule has 5 aliphatic rings. The van der Waals surface area contributed by atoms with Crippen molar-refractivity contribution in [1.29, 1.82) is 0 Å². The van der Waals surface area contributed by atoms with Crippen LogP contribution in [-0.2, 0) is 9.59 Å². The van der Waals surface area contributed by atoms with Crippen molar-refractivity contribution in [3.63, 3.8) is 0 Å². The molecule has 7 rings (SSSR count). The number of anilines is 1. The van der Waals surface area contributed by atoms with Gasteiger partial charge in [0.1, 0.15) is 0 Å². The quantitative estimate of drug-likeness (QED) is 0.152. The average Bonchev–Trinajstić information content (AvgIpc) is 3.18. The first-order chi connectivity index (χ1) is 19.6. The van der Waals surface area contributed by atoms with Gasteiger partial charge in [0.05, 0.1) is 27.5 Å². The molecule has 5 fully saturated rings. The van der Waals surface area contributed by atoms with Crippen LogP contribution in [0.25, 0.3) is 6.08 Å². The van der Waals surface area contributed by atoms with E-state index in [2.05, 4.69) is 10.7 Å². The summed E-state index contributed by atoms with van der Waals surface area (Å²) < 4.78 is 11.7. The van der Waals surface area contributed by atoms with E-state index in [0.29, 0.717) is 50.4 Å². The molecule has 0 aromatic heterocycles. The normalized spacial score (nSPS) is 27.3. The number of hydrazine groups is 1. The summed E-state index contributed by atoms with van der Waals surface area (Å²) in [7, 11) is 1.51. The largest absolute Gasteiger partial charge is 0.493 e. The highest BCUT2D eigenvalue weighted by Crippen LogP contribution is 2.60. The number of nitrogens with zero attached hydrogens (tertiary/aromatic N) is 1. The molecule has 2 aromatic rings. The molecule has 0 radical (unpaired) electrons. The topological polar surface area (TPSA) is 97.0 Å². The molecule has 12 heteroatoms. The number of benzene rings is 2. The molecule has 3 amide bonds. The van der Waals surface area contributed by atoms with Gasteiger partial charge in [-0.1, -0.05) is 41.0 Å². The van der Waals surface area contributed by atoms with Crippen molar-refractivity contribution < 1.29 is 23.9 Å². The highest BCUT2D eigenvalue weighted by molar-refractivity contribution is 8.26. The van der Waals surface area contributed by atoms with E-state index in [-0.39, 0.29) is 20.7 Å². The number of carbonyl (C=O) groups is 3. The zero-order valence-corrected chi connectivity index (χ0v) is 25.2. The number of thioether (sulfide) groups is 1. The van der Waals surface area contributed by atoms with Crippen LogP contribution in [0, 0.1) is 23.2 Å². The third-order valence-electron chi connectivity index (χ3n) is 8.34. The Morgan fingerprint density at radius 2 is 1.71 bits per heavy atom. The van der Waals surface area contributed by atoms with E-state index >= 15 is 0 Å². The molecule has 1 aliphatic heterocycles. The molecule has 214 valence electrons.